The first-order valence-corrected chi connectivity index (χ1v) is 18.7. The Bertz CT molecular complexity index is 2480. The van der Waals surface area contributed by atoms with Gasteiger partial charge < -0.3 is 0 Å². The molecule has 2 aromatic heterocycles. The Morgan fingerprint density at radius 1 is 0.529 bits per heavy atom. The van der Waals surface area contributed by atoms with E-state index in [1.165, 1.54) is 92.2 Å². The second-order valence-corrected chi connectivity index (χ2v) is 14.2. The van der Waals surface area contributed by atoms with Crippen LogP contribution in [0.5, 0.6) is 0 Å². The zero-order chi connectivity index (χ0) is 34.1. The van der Waals surface area contributed by atoms with Crippen molar-refractivity contribution in [3.63, 3.8) is 0 Å². The lowest BCUT2D eigenvalue weighted by atomic mass is 9.81. The molecule has 0 unspecified atom stereocenters. The van der Waals surface area contributed by atoms with E-state index in [-0.39, 0.29) is 0 Å². The highest BCUT2D eigenvalue weighted by Crippen LogP contribution is 2.45. The van der Waals surface area contributed by atoms with Gasteiger partial charge in [-0.05, 0) is 122 Å². The molecule has 2 nitrogen and oxygen atoms in total. The highest BCUT2D eigenvalue weighted by atomic mass is 14.7. The number of hydrogen-bond acceptors (Lipinski definition) is 2. The van der Waals surface area contributed by atoms with Crippen LogP contribution in [0.4, 0.5) is 0 Å². The maximum atomic E-state index is 5.16. The van der Waals surface area contributed by atoms with Crippen LogP contribution in [0.2, 0.25) is 0 Å². The van der Waals surface area contributed by atoms with Gasteiger partial charge in [0, 0.05) is 23.0 Å². The largest absolute Gasteiger partial charge is 0.261 e. The Hall–Kier alpha value is -5.60. The summed E-state index contributed by atoms with van der Waals surface area (Å²) in [4.78, 5) is 9.84. The fourth-order valence-corrected chi connectivity index (χ4v) is 8.55. The lowest BCUT2D eigenvalue weighted by Gasteiger charge is -2.23. The summed E-state index contributed by atoms with van der Waals surface area (Å²) in [5, 5.41) is 7.62. The molecular weight excluding hydrogens is 617 g/mol. The molecule has 0 saturated heterocycles. The van der Waals surface area contributed by atoms with E-state index in [2.05, 4.69) is 145 Å². The summed E-state index contributed by atoms with van der Waals surface area (Å²) in [5.74, 6) is 0.671. The third-order valence-corrected chi connectivity index (χ3v) is 11.0. The maximum absolute atomic E-state index is 5.16. The van der Waals surface area contributed by atoms with Gasteiger partial charge in [-0.25, -0.2) is 4.98 Å². The van der Waals surface area contributed by atoms with Gasteiger partial charge in [0.05, 0.1) is 11.4 Å². The van der Waals surface area contributed by atoms with E-state index in [9.17, 15) is 0 Å². The molecule has 0 aliphatic heterocycles. The molecule has 2 heteroatoms. The molecule has 0 atom stereocenters. The average Bonchev–Trinajstić information content (AvgIpc) is 3.20. The molecule has 1 fully saturated rings. The third kappa shape index (κ3) is 5.89. The minimum absolute atomic E-state index is 0.671. The smallest absolute Gasteiger partial charge is 0.0727 e. The highest BCUT2D eigenvalue weighted by molar-refractivity contribution is 6.21. The zero-order valence-corrected chi connectivity index (χ0v) is 29.3. The summed E-state index contributed by atoms with van der Waals surface area (Å²) in [6, 6.07) is 51.6. The summed E-state index contributed by atoms with van der Waals surface area (Å²) >= 11 is 0. The second kappa shape index (κ2) is 13.6. The van der Waals surface area contributed by atoms with Crippen molar-refractivity contribution in [3.05, 3.63) is 157 Å². The molecule has 0 amide bonds. The fraction of sp³-hybridized carbons (Fsp3) is 0.184. The van der Waals surface area contributed by atoms with Gasteiger partial charge in [-0.3, -0.25) is 4.98 Å². The van der Waals surface area contributed by atoms with E-state index in [1.54, 1.807) is 0 Å². The van der Waals surface area contributed by atoms with Gasteiger partial charge in [0.1, 0.15) is 0 Å². The summed E-state index contributed by atoms with van der Waals surface area (Å²) in [6.45, 7) is 2.20. The molecule has 248 valence electrons. The summed E-state index contributed by atoms with van der Waals surface area (Å²) in [7, 11) is 0. The van der Waals surface area contributed by atoms with Crippen LogP contribution in [0.15, 0.2) is 146 Å². The maximum Gasteiger partial charge on any atom is 0.0727 e. The molecule has 9 rings (SSSR count). The Balaban J connectivity index is 1.17. The molecule has 0 N–H and O–H groups in total. The average molecular weight is 659 g/mol. The van der Waals surface area contributed by atoms with Crippen molar-refractivity contribution in [2.75, 3.05) is 0 Å². The normalized spacial score (nSPS) is 13.7. The molecule has 1 saturated carbocycles. The minimum Gasteiger partial charge on any atom is -0.261 e. The van der Waals surface area contributed by atoms with E-state index >= 15 is 0 Å². The highest BCUT2D eigenvalue weighted by Gasteiger charge is 2.20. The first-order chi connectivity index (χ1) is 25.2. The summed E-state index contributed by atoms with van der Waals surface area (Å²) in [6.07, 6.45) is 10.6. The van der Waals surface area contributed by atoms with Gasteiger partial charge in [0.2, 0.25) is 0 Å². The first-order valence-electron chi connectivity index (χ1n) is 18.7. The Labute approximate surface area is 300 Å². The molecule has 6 aromatic carbocycles. The fourth-order valence-electron chi connectivity index (χ4n) is 8.55. The predicted molar refractivity (Wildman–Crippen MR) is 216 cm³/mol. The number of fused-ring (bicyclic) bond motifs is 3. The number of aromatic nitrogens is 2. The topological polar surface area (TPSA) is 25.8 Å². The Morgan fingerprint density at radius 2 is 1.16 bits per heavy atom. The van der Waals surface area contributed by atoms with E-state index < -0.39 is 0 Å². The van der Waals surface area contributed by atoms with Crippen LogP contribution in [-0.2, 0) is 6.42 Å². The third-order valence-electron chi connectivity index (χ3n) is 11.0. The zero-order valence-electron chi connectivity index (χ0n) is 29.3. The van der Waals surface area contributed by atoms with Crippen LogP contribution < -0.4 is 0 Å². The molecule has 1 aliphatic rings. The monoisotopic (exact) mass is 658 g/mol. The van der Waals surface area contributed by atoms with Gasteiger partial charge in [0.25, 0.3) is 0 Å². The molecule has 0 radical (unpaired) electrons. The van der Waals surface area contributed by atoms with Crippen molar-refractivity contribution in [1.29, 1.82) is 0 Å². The Kier molecular flexibility index (Phi) is 8.37. The summed E-state index contributed by atoms with van der Waals surface area (Å²) in [5.41, 5.74) is 12.0. The van der Waals surface area contributed by atoms with Crippen molar-refractivity contribution in [1.82, 2.24) is 9.97 Å². The first kappa shape index (κ1) is 31.4. The molecule has 51 heavy (non-hydrogen) atoms. The van der Waals surface area contributed by atoms with E-state index in [0.29, 0.717) is 5.92 Å². The van der Waals surface area contributed by atoms with Gasteiger partial charge in [-0.2, -0.15) is 0 Å². The van der Waals surface area contributed by atoms with E-state index in [4.69, 9.17) is 4.98 Å². The quantitative estimate of drug-likeness (QED) is 0.159. The van der Waals surface area contributed by atoms with Crippen molar-refractivity contribution in [2.45, 2.75) is 57.8 Å². The number of hydrogen-bond donors (Lipinski definition) is 0. The van der Waals surface area contributed by atoms with Crippen molar-refractivity contribution >= 4 is 32.3 Å². The van der Waals surface area contributed by atoms with Gasteiger partial charge in [-0.15, -0.1) is 0 Å². The Morgan fingerprint density at radius 3 is 1.86 bits per heavy atom. The molecule has 0 bridgehead atoms. The molecule has 0 spiro atoms. The number of aryl methyl sites for hydroxylation is 1. The number of pyridine rings is 2. The SMILES string of the molecule is CCCc1ncccc1-c1cccc(-c2ccc3ccc(-c4c5ccccc5c(-c5cccc(C6CCCCC6)c5)c5ccccc45)cc3c2)n1. The van der Waals surface area contributed by atoms with Crippen molar-refractivity contribution in [3.8, 4) is 44.8 Å². The van der Waals surface area contributed by atoms with Crippen LogP contribution >= 0.6 is 0 Å². The standard InChI is InChI=1S/C49H42N2/c1-2-13-46-44(22-12-29-50-46)47-24-11-23-45(51-47)36-27-25-34-26-28-38(32-39(34)31-36)49-42-20-8-6-18-40(42)48(41-19-7-9-21-43(41)49)37-17-10-16-35(30-37)33-14-4-3-5-15-33/h6-12,16-33H,2-5,13-15H2,1H3. The molecule has 8 aromatic rings. The predicted octanol–water partition coefficient (Wildman–Crippen LogP) is 13.6. The van der Waals surface area contributed by atoms with Crippen LogP contribution in [0.25, 0.3) is 77.1 Å². The van der Waals surface area contributed by atoms with Crippen LogP contribution in [0.1, 0.15) is 62.6 Å². The van der Waals surface area contributed by atoms with Crippen molar-refractivity contribution in [2.24, 2.45) is 0 Å². The van der Waals surface area contributed by atoms with Crippen LogP contribution in [0.3, 0.4) is 0 Å². The lowest BCUT2D eigenvalue weighted by molar-refractivity contribution is 0.444. The van der Waals surface area contributed by atoms with Crippen LogP contribution in [-0.4, -0.2) is 9.97 Å². The van der Waals surface area contributed by atoms with E-state index in [0.717, 1.165) is 41.1 Å². The number of nitrogens with zero attached hydrogens (tertiary/aromatic N) is 2. The summed E-state index contributed by atoms with van der Waals surface area (Å²) < 4.78 is 0. The van der Waals surface area contributed by atoms with Gasteiger partial charge in [0.15, 0.2) is 0 Å². The number of rotatable bonds is 7. The van der Waals surface area contributed by atoms with Crippen LogP contribution in [0, 0.1) is 0 Å². The molecule has 2 heterocycles. The minimum atomic E-state index is 0.671. The molecular formula is C49H42N2. The van der Waals surface area contributed by atoms with Gasteiger partial charge >= 0.3 is 0 Å². The van der Waals surface area contributed by atoms with E-state index in [1.807, 2.05) is 12.3 Å². The van der Waals surface area contributed by atoms with Gasteiger partial charge in [-0.1, -0.05) is 136 Å². The molecule has 1 aliphatic carbocycles. The number of benzene rings is 6. The lowest BCUT2D eigenvalue weighted by Crippen LogP contribution is -2.04. The second-order valence-electron chi connectivity index (χ2n) is 14.2. The van der Waals surface area contributed by atoms with Crippen molar-refractivity contribution < 1.29 is 0 Å².